The van der Waals surface area contributed by atoms with E-state index >= 15 is 0 Å². The second-order valence-electron chi connectivity index (χ2n) is 7.65. The standard InChI is InChI=1S/C21H23BrN2/c22-19-12-23-11-18-15(19)6-3-7-20(18)24-21-10-17-14-5-2-1-4-13(14)8-9-16(17)21/h1-2,4-5,11-12,16-17,20-21,24H,3,6-10H2. The molecule has 0 amide bonds. The van der Waals surface area contributed by atoms with Crippen LogP contribution in [0.4, 0.5) is 0 Å². The maximum atomic E-state index is 4.42. The summed E-state index contributed by atoms with van der Waals surface area (Å²) in [5.41, 5.74) is 6.11. The largest absolute Gasteiger partial charge is 0.307 e. The summed E-state index contributed by atoms with van der Waals surface area (Å²) in [4.78, 5) is 4.42. The monoisotopic (exact) mass is 382 g/mol. The topological polar surface area (TPSA) is 24.9 Å². The molecule has 1 aromatic carbocycles. The molecule has 24 heavy (non-hydrogen) atoms. The molecule has 1 saturated carbocycles. The Bertz CT molecular complexity index is 772. The Morgan fingerprint density at radius 3 is 2.92 bits per heavy atom. The van der Waals surface area contributed by atoms with Gasteiger partial charge in [-0.25, -0.2) is 0 Å². The first-order valence-corrected chi connectivity index (χ1v) is 10.1. The Morgan fingerprint density at radius 2 is 1.96 bits per heavy atom. The molecule has 4 unspecified atom stereocenters. The van der Waals surface area contributed by atoms with Crippen LogP contribution < -0.4 is 5.32 Å². The Labute approximate surface area is 152 Å². The summed E-state index contributed by atoms with van der Waals surface area (Å²) in [7, 11) is 0. The second kappa shape index (κ2) is 5.96. The maximum absolute atomic E-state index is 4.42. The lowest BCUT2D eigenvalue weighted by Gasteiger charge is -2.50. The normalized spacial score (nSPS) is 30.7. The molecule has 124 valence electrons. The van der Waals surface area contributed by atoms with Crippen molar-refractivity contribution in [3.05, 3.63) is 63.4 Å². The van der Waals surface area contributed by atoms with Gasteiger partial charge in [0.25, 0.3) is 0 Å². The number of benzene rings is 1. The Hall–Kier alpha value is -1.19. The summed E-state index contributed by atoms with van der Waals surface area (Å²) < 4.78 is 1.18. The molecule has 1 N–H and O–H groups in total. The molecule has 3 aliphatic rings. The Morgan fingerprint density at radius 1 is 1.04 bits per heavy atom. The highest BCUT2D eigenvalue weighted by Gasteiger charge is 2.45. The van der Waals surface area contributed by atoms with E-state index in [0.717, 1.165) is 11.8 Å². The molecule has 0 saturated heterocycles. The number of fused-ring (bicyclic) bond motifs is 4. The van der Waals surface area contributed by atoms with Gasteiger partial charge in [-0.15, -0.1) is 0 Å². The molecular formula is C21H23BrN2. The summed E-state index contributed by atoms with van der Waals surface area (Å²) in [6, 6.07) is 10.3. The average molecular weight is 383 g/mol. The first-order chi connectivity index (χ1) is 11.8. The molecule has 0 bridgehead atoms. The van der Waals surface area contributed by atoms with E-state index < -0.39 is 0 Å². The van der Waals surface area contributed by atoms with E-state index in [1.807, 2.05) is 6.20 Å². The number of rotatable bonds is 2. The van der Waals surface area contributed by atoms with Gasteiger partial charge in [0.1, 0.15) is 0 Å². The summed E-state index contributed by atoms with van der Waals surface area (Å²) in [5.74, 6) is 1.61. The minimum absolute atomic E-state index is 0.488. The van der Waals surface area contributed by atoms with Crippen LogP contribution in [0.2, 0.25) is 0 Å². The number of pyridine rings is 1. The van der Waals surface area contributed by atoms with Crippen LogP contribution in [0.15, 0.2) is 41.1 Å². The van der Waals surface area contributed by atoms with Gasteiger partial charge >= 0.3 is 0 Å². The van der Waals surface area contributed by atoms with Crippen molar-refractivity contribution >= 4 is 15.9 Å². The Kier molecular flexibility index (Phi) is 3.75. The quantitative estimate of drug-likeness (QED) is 0.796. The fourth-order valence-corrected chi connectivity index (χ4v) is 5.76. The lowest BCUT2D eigenvalue weighted by atomic mass is 9.60. The molecule has 3 aliphatic carbocycles. The molecule has 0 radical (unpaired) electrons. The fraction of sp³-hybridized carbons (Fsp3) is 0.476. The van der Waals surface area contributed by atoms with Crippen LogP contribution in [0.5, 0.6) is 0 Å². The van der Waals surface area contributed by atoms with Gasteiger partial charge in [-0.05, 0) is 88.5 Å². The molecule has 0 spiro atoms. The maximum Gasteiger partial charge on any atom is 0.0413 e. The molecule has 5 rings (SSSR count). The molecule has 1 fully saturated rings. The summed E-state index contributed by atoms with van der Waals surface area (Å²) in [6.45, 7) is 0. The highest BCUT2D eigenvalue weighted by Crippen LogP contribution is 2.50. The summed E-state index contributed by atoms with van der Waals surface area (Å²) in [6.07, 6.45) is 11.6. The van der Waals surface area contributed by atoms with Crippen molar-refractivity contribution in [1.82, 2.24) is 10.3 Å². The van der Waals surface area contributed by atoms with Crippen molar-refractivity contribution in [3.63, 3.8) is 0 Å². The number of hydrogen-bond donors (Lipinski definition) is 1. The Balaban J connectivity index is 1.34. The molecule has 2 aromatic rings. The molecular weight excluding hydrogens is 360 g/mol. The number of aromatic nitrogens is 1. The predicted molar refractivity (Wildman–Crippen MR) is 100 cm³/mol. The number of nitrogens with zero attached hydrogens (tertiary/aromatic N) is 1. The van der Waals surface area contributed by atoms with Gasteiger partial charge in [-0.3, -0.25) is 4.98 Å². The van der Waals surface area contributed by atoms with Crippen molar-refractivity contribution < 1.29 is 0 Å². The van der Waals surface area contributed by atoms with Gasteiger partial charge < -0.3 is 5.32 Å². The van der Waals surface area contributed by atoms with Crippen molar-refractivity contribution in [3.8, 4) is 0 Å². The summed E-state index contributed by atoms with van der Waals surface area (Å²) >= 11 is 3.69. The SMILES string of the molecule is Brc1cncc2c1CCCC2NC1CC2c3ccccc3CCC12. The number of hydrogen-bond acceptors (Lipinski definition) is 2. The van der Waals surface area contributed by atoms with Gasteiger partial charge in [-0.2, -0.15) is 0 Å². The minimum Gasteiger partial charge on any atom is -0.307 e. The third-order valence-corrected chi connectivity index (χ3v) is 7.17. The number of nitrogens with one attached hydrogen (secondary N) is 1. The molecule has 4 atom stereocenters. The van der Waals surface area contributed by atoms with Gasteiger partial charge in [0, 0.05) is 29.0 Å². The molecule has 1 heterocycles. The average Bonchev–Trinajstić information content (AvgIpc) is 2.60. The lowest BCUT2D eigenvalue weighted by Crippen LogP contribution is -2.52. The van der Waals surface area contributed by atoms with Gasteiger partial charge in [0.2, 0.25) is 0 Å². The zero-order valence-corrected chi connectivity index (χ0v) is 15.4. The first-order valence-electron chi connectivity index (χ1n) is 9.27. The smallest absolute Gasteiger partial charge is 0.0413 e. The molecule has 3 heteroatoms. The van der Waals surface area contributed by atoms with Crippen molar-refractivity contribution in [1.29, 1.82) is 0 Å². The second-order valence-corrected chi connectivity index (χ2v) is 8.50. The van der Waals surface area contributed by atoms with Crippen molar-refractivity contribution in [2.75, 3.05) is 0 Å². The van der Waals surface area contributed by atoms with Crippen LogP contribution in [0, 0.1) is 5.92 Å². The van der Waals surface area contributed by atoms with E-state index in [-0.39, 0.29) is 0 Å². The van der Waals surface area contributed by atoms with Crippen LogP contribution in [0.25, 0.3) is 0 Å². The van der Waals surface area contributed by atoms with Crippen molar-refractivity contribution in [2.24, 2.45) is 5.92 Å². The summed E-state index contributed by atoms with van der Waals surface area (Å²) in [5, 5.41) is 4.01. The van der Waals surface area contributed by atoms with E-state index in [4.69, 9.17) is 0 Å². The van der Waals surface area contributed by atoms with E-state index in [1.165, 1.54) is 54.1 Å². The van der Waals surface area contributed by atoms with E-state index in [1.54, 1.807) is 11.1 Å². The van der Waals surface area contributed by atoms with E-state index in [2.05, 4.69) is 56.7 Å². The van der Waals surface area contributed by atoms with Crippen LogP contribution in [0.1, 0.15) is 59.9 Å². The number of halogens is 1. The molecule has 2 nitrogen and oxygen atoms in total. The highest BCUT2D eigenvalue weighted by atomic mass is 79.9. The zero-order chi connectivity index (χ0) is 16.1. The van der Waals surface area contributed by atoms with Crippen LogP contribution in [-0.4, -0.2) is 11.0 Å². The van der Waals surface area contributed by atoms with Gasteiger partial charge in [0.05, 0.1) is 0 Å². The van der Waals surface area contributed by atoms with Crippen LogP contribution in [-0.2, 0) is 12.8 Å². The zero-order valence-electron chi connectivity index (χ0n) is 13.8. The first kappa shape index (κ1) is 15.1. The van der Waals surface area contributed by atoms with E-state index in [0.29, 0.717) is 12.1 Å². The highest BCUT2D eigenvalue weighted by molar-refractivity contribution is 9.10. The third kappa shape index (κ3) is 2.36. The van der Waals surface area contributed by atoms with Gasteiger partial charge in [-0.1, -0.05) is 24.3 Å². The van der Waals surface area contributed by atoms with Crippen LogP contribution in [0.3, 0.4) is 0 Å². The number of aryl methyl sites for hydroxylation is 1. The minimum atomic E-state index is 0.488. The molecule has 0 aliphatic heterocycles. The fourth-order valence-electron chi connectivity index (χ4n) is 5.22. The van der Waals surface area contributed by atoms with Crippen molar-refractivity contribution in [2.45, 2.75) is 56.5 Å². The predicted octanol–water partition coefficient (Wildman–Crippen LogP) is 4.93. The molecule has 1 aromatic heterocycles. The third-order valence-electron chi connectivity index (χ3n) is 6.49. The van der Waals surface area contributed by atoms with Crippen LogP contribution >= 0.6 is 15.9 Å². The lowest BCUT2D eigenvalue weighted by molar-refractivity contribution is 0.128. The van der Waals surface area contributed by atoms with E-state index in [9.17, 15) is 0 Å². The van der Waals surface area contributed by atoms with Gasteiger partial charge in [0.15, 0.2) is 0 Å².